The Hall–Kier alpha value is -2.82. The standard InChI is InChI=1S/C21H25N3O6S/c1-14-7-8-18(24(26)27)10-20(14)22-11-21(25)17-5-4-6-19(9-17)31(28,29)23-12-15(2)30-16(3)13-23/h4-10,15-16,22H,11-13H2,1-3H3. The van der Waals surface area contributed by atoms with E-state index in [9.17, 15) is 23.3 Å². The molecule has 166 valence electrons. The zero-order valence-electron chi connectivity index (χ0n) is 17.6. The lowest BCUT2D eigenvalue weighted by Gasteiger charge is -2.34. The highest BCUT2D eigenvalue weighted by Gasteiger charge is 2.32. The first-order chi connectivity index (χ1) is 14.6. The van der Waals surface area contributed by atoms with Crippen LogP contribution >= 0.6 is 0 Å². The number of nitro groups is 1. The second kappa shape index (κ2) is 9.13. The summed E-state index contributed by atoms with van der Waals surface area (Å²) in [7, 11) is -3.77. The van der Waals surface area contributed by atoms with Crippen molar-refractivity contribution in [3.05, 3.63) is 63.7 Å². The zero-order chi connectivity index (χ0) is 22.8. The van der Waals surface area contributed by atoms with Gasteiger partial charge in [0.15, 0.2) is 5.78 Å². The molecule has 0 radical (unpaired) electrons. The zero-order valence-corrected chi connectivity index (χ0v) is 18.4. The number of non-ortho nitro benzene ring substituents is 1. The monoisotopic (exact) mass is 447 g/mol. The van der Waals surface area contributed by atoms with Gasteiger partial charge in [-0.15, -0.1) is 0 Å². The van der Waals surface area contributed by atoms with E-state index < -0.39 is 14.9 Å². The number of anilines is 1. The fraction of sp³-hybridized carbons (Fsp3) is 0.381. The van der Waals surface area contributed by atoms with Crippen molar-refractivity contribution in [2.45, 2.75) is 37.9 Å². The highest BCUT2D eigenvalue weighted by Crippen LogP contribution is 2.23. The van der Waals surface area contributed by atoms with Crippen LogP contribution in [-0.2, 0) is 14.8 Å². The fourth-order valence-electron chi connectivity index (χ4n) is 3.50. The first kappa shape index (κ1) is 22.9. The number of carbonyl (C=O) groups is 1. The number of nitrogens with zero attached hydrogens (tertiary/aromatic N) is 2. The van der Waals surface area contributed by atoms with Gasteiger partial charge in [-0.3, -0.25) is 14.9 Å². The van der Waals surface area contributed by atoms with Gasteiger partial charge < -0.3 is 10.1 Å². The highest BCUT2D eigenvalue weighted by atomic mass is 32.2. The Morgan fingerprint density at radius 2 is 1.87 bits per heavy atom. The van der Waals surface area contributed by atoms with Gasteiger partial charge in [-0.1, -0.05) is 18.2 Å². The number of carbonyl (C=O) groups excluding carboxylic acids is 1. The number of aryl methyl sites for hydroxylation is 1. The number of sulfonamides is 1. The van der Waals surface area contributed by atoms with Crippen LogP contribution in [0.4, 0.5) is 11.4 Å². The van der Waals surface area contributed by atoms with Crippen LogP contribution in [0.1, 0.15) is 29.8 Å². The highest BCUT2D eigenvalue weighted by molar-refractivity contribution is 7.89. The van der Waals surface area contributed by atoms with Crippen molar-refractivity contribution in [2.75, 3.05) is 25.0 Å². The average Bonchev–Trinajstić information content (AvgIpc) is 2.72. The molecule has 0 spiro atoms. The predicted octanol–water partition coefficient (Wildman–Crippen LogP) is 3.00. The Kier molecular flexibility index (Phi) is 6.73. The van der Waals surface area contributed by atoms with Crippen molar-refractivity contribution in [2.24, 2.45) is 0 Å². The van der Waals surface area contributed by atoms with Gasteiger partial charge in [-0.25, -0.2) is 8.42 Å². The maximum absolute atomic E-state index is 13.1. The van der Waals surface area contributed by atoms with E-state index in [2.05, 4.69) is 5.32 Å². The quantitative estimate of drug-likeness (QED) is 0.394. The minimum absolute atomic E-state index is 0.0474. The fourth-order valence-corrected chi connectivity index (χ4v) is 5.13. The third-order valence-corrected chi connectivity index (χ3v) is 6.88. The first-order valence-corrected chi connectivity index (χ1v) is 11.3. The minimum atomic E-state index is -3.77. The number of Topliss-reactive ketones (excluding diaryl/α,β-unsaturated/α-hetero) is 1. The van der Waals surface area contributed by atoms with Gasteiger partial charge in [0.05, 0.1) is 28.6 Å². The van der Waals surface area contributed by atoms with E-state index in [-0.39, 0.29) is 53.8 Å². The summed E-state index contributed by atoms with van der Waals surface area (Å²) >= 11 is 0. The SMILES string of the molecule is Cc1ccc([N+](=O)[O-])cc1NCC(=O)c1cccc(S(=O)(=O)N2CC(C)OC(C)C2)c1. The molecule has 10 heteroatoms. The lowest BCUT2D eigenvalue weighted by atomic mass is 10.1. The molecule has 1 fully saturated rings. The number of nitro benzene ring substituents is 1. The summed E-state index contributed by atoms with van der Waals surface area (Å²) in [5, 5.41) is 13.9. The Labute approximate surface area is 181 Å². The average molecular weight is 448 g/mol. The molecule has 0 aromatic heterocycles. The molecular weight excluding hydrogens is 422 g/mol. The maximum Gasteiger partial charge on any atom is 0.271 e. The number of rotatable bonds is 7. The second-order valence-corrected chi connectivity index (χ2v) is 9.58. The van der Waals surface area contributed by atoms with Crippen molar-refractivity contribution in [3.63, 3.8) is 0 Å². The molecule has 2 aromatic carbocycles. The molecule has 1 aliphatic heterocycles. The van der Waals surface area contributed by atoms with Crippen LogP contribution in [0.25, 0.3) is 0 Å². The predicted molar refractivity (Wildman–Crippen MR) is 116 cm³/mol. The Morgan fingerprint density at radius 3 is 2.52 bits per heavy atom. The molecule has 2 unspecified atom stereocenters. The van der Waals surface area contributed by atoms with Gasteiger partial charge in [-0.05, 0) is 38.5 Å². The lowest BCUT2D eigenvalue weighted by molar-refractivity contribution is -0.384. The van der Waals surface area contributed by atoms with Crippen LogP contribution in [0.2, 0.25) is 0 Å². The van der Waals surface area contributed by atoms with Crippen LogP contribution in [0.5, 0.6) is 0 Å². The van der Waals surface area contributed by atoms with Crippen LogP contribution in [0.3, 0.4) is 0 Å². The third kappa shape index (κ3) is 5.27. The molecule has 2 atom stereocenters. The molecule has 1 heterocycles. The molecule has 1 saturated heterocycles. The molecular formula is C21H25N3O6S. The molecule has 0 saturated carbocycles. The Morgan fingerprint density at radius 1 is 1.19 bits per heavy atom. The summed E-state index contributed by atoms with van der Waals surface area (Å²) in [6.45, 7) is 5.78. The summed E-state index contributed by atoms with van der Waals surface area (Å²) < 4.78 is 33.1. The molecule has 9 nitrogen and oxygen atoms in total. The molecule has 31 heavy (non-hydrogen) atoms. The Bertz CT molecular complexity index is 1090. The van der Waals surface area contributed by atoms with E-state index in [1.165, 1.54) is 34.6 Å². The van der Waals surface area contributed by atoms with Crippen molar-refractivity contribution in [1.82, 2.24) is 4.31 Å². The minimum Gasteiger partial charge on any atom is -0.377 e. The van der Waals surface area contributed by atoms with Gasteiger partial charge in [0.25, 0.3) is 5.69 Å². The molecule has 0 aliphatic carbocycles. The van der Waals surface area contributed by atoms with E-state index in [0.717, 1.165) is 5.56 Å². The topological polar surface area (TPSA) is 119 Å². The molecule has 2 aromatic rings. The Balaban J connectivity index is 1.76. The second-order valence-electron chi connectivity index (χ2n) is 7.64. The summed E-state index contributed by atoms with van der Waals surface area (Å²) in [5.74, 6) is -0.327. The number of ether oxygens (including phenoxy) is 1. The largest absolute Gasteiger partial charge is 0.377 e. The van der Waals surface area contributed by atoms with Crippen molar-refractivity contribution >= 4 is 27.2 Å². The summed E-state index contributed by atoms with van der Waals surface area (Å²) in [6, 6.07) is 10.3. The van der Waals surface area contributed by atoms with Gasteiger partial charge in [-0.2, -0.15) is 4.31 Å². The van der Waals surface area contributed by atoms with E-state index in [1.807, 2.05) is 13.8 Å². The van der Waals surface area contributed by atoms with Gasteiger partial charge >= 0.3 is 0 Å². The van der Waals surface area contributed by atoms with Gasteiger partial charge in [0.2, 0.25) is 10.0 Å². The van der Waals surface area contributed by atoms with Crippen LogP contribution in [-0.4, -0.2) is 55.3 Å². The van der Waals surface area contributed by atoms with Crippen LogP contribution in [0, 0.1) is 17.0 Å². The molecule has 0 bridgehead atoms. The molecule has 1 N–H and O–H groups in total. The number of hydrogen-bond donors (Lipinski definition) is 1. The maximum atomic E-state index is 13.1. The number of benzene rings is 2. The normalized spacial score (nSPS) is 19.7. The number of hydrogen-bond acceptors (Lipinski definition) is 7. The first-order valence-electron chi connectivity index (χ1n) is 9.85. The third-order valence-electron chi connectivity index (χ3n) is 5.05. The number of morpholine rings is 1. The molecule has 0 amide bonds. The van der Waals surface area contributed by atoms with Crippen molar-refractivity contribution < 1.29 is 22.9 Å². The van der Waals surface area contributed by atoms with Crippen LogP contribution < -0.4 is 5.32 Å². The smallest absolute Gasteiger partial charge is 0.271 e. The van der Waals surface area contributed by atoms with Gasteiger partial charge in [0.1, 0.15) is 0 Å². The molecule has 1 aliphatic rings. The van der Waals surface area contributed by atoms with E-state index in [4.69, 9.17) is 4.74 Å². The van der Waals surface area contributed by atoms with Crippen molar-refractivity contribution in [1.29, 1.82) is 0 Å². The van der Waals surface area contributed by atoms with E-state index in [0.29, 0.717) is 5.69 Å². The summed E-state index contributed by atoms with van der Waals surface area (Å²) in [4.78, 5) is 23.2. The number of ketones is 1. The lowest BCUT2D eigenvalue weighted by Crippen LogP contribution is -2.48. The summed E-state index contributed by atoms with van der Waals surface area (Å²) in [6.07, 6.45) is -0.434. The van der Waals surface area contributed by atoms with E-state index in [1.54, 1.807) is 19.1 Å². The molecule has 3 rings (SSSR count). The van der Waals surface area contributed by atoms with Gasteiger partial charge in [0, 0.05) is 36.5 Å². The number of nitrogens with one attached hydrogen (secondary N) is 1. The van der Waals surface area contributed by atoms with Crippen molar-refractivity contribution in [3.8, 4) is 0 Å². The van der Waals surface area contributed by atoms with E-state index >= 15 is 0 Å². The summed E-state index contributed by atoms with van der Waals surface area (Å²) in [5.41, 5.74) is 1.39. The van der Waals surface area contributed by atoms with Crippen LogP contribution in [0.15, 0.2) is 47.4 Å².